The summed E-state index contributed by atoms with van der Waals surface area (Å²) >= 11 is 0. The Balaban J connectivity index is 2.51. The van der Waals surface area contributed by atoms with Crippen molar-refractivity contribution in [1.29, 1.82) is 0 Å². The smallest absolute Gasteiger partial charge is 0.408 e. The number of hydrogen-bond acceptors (Lipinski definition) is 5. The SMILES string of the molecule is CC(C)(C)OC(=O)NCC(=O)Nc1ccc(S(N)(=O)=O)cc1. The zero-order valence-corrected chi connectivity index (χ0v) is 13.4. The van der Waals surface area contributed by atoms with Crippen molar-refractivity contribution in [2.24, 2.45) is 5.14 Å². The van der Waals surface area contributed by atoms with Crippen molar-refractivity contribution in [1.82, 2.24) is 5.32 Å². The summed E-state index contributed by atoms with van der Waals surface area (Å²) in [6.07, 6.45) is -0.702. The van der Waals surface area contributed by atoms with Gasteiger partial charge in [-0.2, -0.15) is 0 Å². The molecule has 9 heteroatoms. The first-order chi connectivity index (χ1) is 9.97. The molecular formula is C13H19N3O5S. The standard InChI is InChI=1S/C13H19N3O5S/c1-13(2,3)21-12(18)15-8-11(17)16-9-4-6-10(7-5-9)22(14,19)20/h4-7H,8H2,1-3H3,(H,15,18)(H,16,17)(H2,14,19,20). The van der Waals surface area contributed by atoms with E-state index in [2.05, 4.69) is 10.6 Å². The fourth-order valence-electron chi connectivity index (χ4n) is 1.40. The topological polar surface area (TPSA) is 128 Å². The van der Waals surface area contributed by atoms with Crippen LogP contribution in [0.1, 0.15) is 20.8 Å². The molecule has 1 aromatic carbocycles. The minimum absolute atomic E-state index is 0.0580. The Kier molecular flexibility index (Phi) is 5.50. The lowest BCUT2D eigenvalue weighted by molar-refractivity contribution is -0.115. The number of alkyl carbamates (subject to hydrolysis) is 1. The van der Waals surface area contributed by atoms with Crippen LogP contribution in [0.4, 0.5) is 10.5 Å². The molecule has 1 aromatic rings. The Bertz CT molecular complexity index is 647. The van der Waals surface area contributed by atoms with Gasteiger partial charge in [-0.05, 0) is 45.0 Å². The van der Waals surface area contributed by atoms with Gasteiger partial charge in [0.1, 0.15) is 12.1 Å². The molecule has 0 aliphatic rings. The number of sulfonamides is 1. The second-order valence-corrected chi connectivity index (χ2v) is 7.03. The average molecular weight is 329 g/mol. The van der Waals surface area contributed by atoms with Gasteiger partial charge in [0.15, 0.2) is 0 Å². The molecule has 0 aliphatic heterocycles. The first kappa shape index (κ1) is 17.9. The third kappa shape index (κ3) is 6.55. The first-order valence-corrected chi connectivity index (χ1v) is 7.91. The van der Waals surface area contributed by atoms with Crippen LogP contribution in [0.5, 0.6) is 0 Å². The minimum atomic E-state index is -3.77. The van der Waals surface area contributed by atoms with Gasteiger partial charge >= 0.3 is 6.09 Å². The number of carbonyl (C=O) groups is 2. The summed E-state index contributed by atoms with van der Waals surface area (Å²) in [5.74, 6) is -0.478. The van der Waals surface area contributed by atoms with E-state index in [1.165, 1.54) is 24.3 Å². The van der Waals surface area contributed by atoms with Gasteiger partial charge in [-0.3, -0.25) is 4.79 Å². The summed E-state index contributed by atoms with van der Waals surface area (Å²) in [5.41, 5.74) is -0.271. The van der Waals surface area contributed by atoms with Crippen molar-refractivity contribution in [2.45, 2.75) is 31.3 Å². The fraction of sp³-hybridized carbons (Fsp3) is 0.385. The lowest BCUT2D eigenvalue weighted by Gasteiger charge is -2.19. The van der Waals surface area contributed by atoms with Crippen LogP contribution in [0.3, 0.4) is 0 Å². The highest BCUT2D eigenvalue weighted by Gasteiger charge is 2.16. The second kappa shape index (κ2) is 6.75. The van der Waals surface area contributed by atoms with Crippen LogP contribution < -0.4 is 15.8 Å². The largest absolute Gasteiger partial charge is 0.444 e. The highest BCUT2D eigenvalue weighted by atomic mass is 32.2. The van der Waals surface area contributed by atoms with Crippen molar-refractivity contribution < 1.29 is 22.7 Å². The molecule has 8 nitrogen and oxygen atoms in total. The molecule has 22 heavy (non-hydrogen) atoms. The molecule has 0 unspecified atom stereocenters. The molecule has 0 aromatic heterocycles. The molecular weight excluding hydrogens is 310 g/mol. The maximum atomic E-state index is 11.6. The predicted octanol–water partition coefficient (Wildman–Crippen LogP) is 0.797. The monoisotopic (exact) mass is 329 g/mol. The minimum Gasteiger partial charge on any atom is -0.444 e. The van der Waals surface area contributed by atoms with Crippen molar-refractivity contribution in [2.75, 3.05) is 11.9 Å². The van der Waals surface area contributed by atoms with E-state index in [9.17, 15) is 18.0 Å². The zero-order chi connectivity index (χ0) is 17.0. The van der Waals surface area contributed by atoms with E-state index < -0.39 is 27.6 Å². The summed E-state index contributed by atoms with van der Waals surface area (Å²) in [6.45, 7) is 4.85. The van der Waals surface area contributed by atoms with Crippen LogP contribution in [0.25, 0.3) is 0 Å². The van der Waals surface area contributed by atoms with E-state index in [0.717, 1.165) is 0 Å². The molecule has 122 valence electrons. The lowest BCUT2D eigenvalue weighted by atomic mass is 10.2. The molecule has 0 saturated heterocycles. The number of benzene rings is 1. The number of carbonyl (C=O) groups excluding carboxylic acids is 2. The quantitative estimate of drug-likeness (QED) is 0.752. The van der Waals surface area contributed by atoms with E-state index in [0.29, 0.717) is 5.69 Å². The van der Waals surface area contributed by atoms with E-state index >= 15 is 0 Å². The molecule has 1 rings (SSSR count). The number of primary sulfonamides is 1. The highest BCUT2D eigenvalue weighted by molar-refractivity contribution is 7.89. The maximum Gasteiger partial charge on any atom is 0.408 e. The van der Waals surface area contributed by atoms with Crippen molar-refractivity contribution in [3.8, 4) is 0 Å². The number of ether oxygens (including phenoxy) is 1. The molecule has 0 fully saturated rings. The average Bonchev–Trinajstić information content (AvgIpc) is 2.34. The normalized spacial score (nSPS) is 11.6. The Morgan fingerprint density at radius 3 is 2.18 bits per heavy atom. The summed E-state index contributed by atoms with van der Waals surface area (Å²) in [4.78, 5) is 23.0. The van der Waals surface area contributed by atoms with Gasteiger partial charge in [0.25, 0.3) is 0 Å². The maximum absolute atomic E-state index is 11.6. The van der Waals surface area contributed by atoms with E-state index in [-0.39, 0.29) is 11.4 Å². The number of amides is 2. The van der Waals surface area contributed by atoms with E-state index in [1.54, 1.807) is 20.8 Å². The van der Waals surface area contributed by atoms with E-state index in [4.69, 9.17) is 9.88 Å². The third-order valence-electron chi connectivity index (χ3n) is 2.26. The molecule has 0 spiro atoms. The number of anilines is 1. The molecule has 0 aliphatic carbocycles. The first-order valence-electron chi connectivity index (χ1n) is 6.37. The van der Waals surface area contributed by atoms with Crippen LogP contribution in [0, 0.1) is 0 Å². The third-order valence-corrected chi connectivity index (χ3v) is 3.19. The fourth-order valence-corrected chi connectivity index (χ4v) is 1.92. The molecule has 4 N–H and O–H groups in total. The second-order valence-electron chi connectivity index (χ2n) is 5.47. The summed E-state index contributed by atoms with van der Waals surface area (Å²) in [5, 5.41) is 9.76. The van der Waals surface area contributed by atoms with Gasteiger partial charge in [0, 0.05) is 5.69 Å². The van der Waals surface area contributed by atoms with Gasteiger partial charge < -0.3 is 15.4 Å². The number of nitrogens with two attached hydrogens (primary N) is 1. The Morgan fingerprint density at radius 1 is 1.18 bits per heavy atom. The van der Waals surface area contributed by atoms with Gasteiger partial charge in [0.05, 0.1) is 4.90 Å². The summed E-state index contributed by atoms with van der Waals surface area (Å²) in [6, 6.07) is 5.33. The molecule has 2 amide bonds. The highest BCUT2D eigenvalue weighted by Crippen LogP contribution is 2.12. The molecule has 0 atom stereocenters. The van der Waals surface area contributed by atoms with Crippen molar-refractivity contribution in [3.63, 3.8) is 0 Å². The zero-order valence-electron chi connectivity index (χ0n) is 12.5. The molecule has 0 saturated carbocycles. The Morgan fingerprint density at radius 2 is 1.73 bits per heavy atom. The van der Waals surface area contributed by atoms with Gasteiger partial charge in [-0.1, -0.05) is 0 Å². The number of nitrogens with one attached hydrogen (secondary N) is 2. The van der Waals surface area contributed by atoms with Crippen molar-refractivity contribution >= 4 is 27.7 Å². The van der Waals surface area contributed by atoms with Crippen LogP contribution in [0.15, 0.2) is 29.2 Å². The molecule has 0 radical (unpaired) electrons. The van der Waals surface area contributed by atoms with Crippen LogP contribution in [-0.4, -0.2) is 32.6 Å². The number of rotatable bonds is 4. The van der Waals surface area contributed by atoms with Crippen LogP contribution >= 0.6 is 0 Å². The van der Waals surface area contributed by atoms with Crippen LogP contribution in [-0.2, 0) is 19.6 Å². The van der Waals surface area contributed by atoms with Gasteiger partial charge in [0.2, 0.25) is 15.9 Å². The van der Waals surface area contributed by atoms with Gasteiger partial charge in [-0.25, -0.2) is 18.4 Å². The van der Waals surface area contributed by atoms with E-state index in [1.807, 2.05) is 0 Å². The number of hydrogen-bond donors (Lipinski definition) is 3. The van der Waals surface area contributed by atoms with Crippen LogP contribution in [0.2, 0.25) is 0 Å². The van der Waals surface area contributed by atoms with Gasteiger partial charge in [-0.15, -0.1) is 0 Å². The van der Waals surface area contributed by atoms with Crippen molar-refractivity contribution in [3.05, 3.63) is 24.3 Å². The molecule has 0 heterocycles. The summed E-state index contributed by atoms with van der Waals surface area (Å²) in [7, 11) is -3.77. The predicted molar refractivity (Wildman–Crippen MR) is 80.7 cm³/mol. The molecule has 0 bridgehead atoms. The Hall–Kier alpha value is -2.13. The lowest BCUT2D eigenvalue weighted by Crippen LogP contribution is -2.37. The Labute approximate surface area is 129 Å². The summed E-state index contributed by atoms with van der Waals surface area (Å²) < 4.78 is 27.2.